The Morgan fingerprint density at radius 2 is 1.67 bits per heavy atom. The summed E-state index contributed by atoms with van der Waals surface area (Å²) in [6.45, 7) is 1.43. The highest BCUT2D eigenvalue weighted by Crippen LogP contribution is 2.51. The summed E-state index contributed by atoms with van der Waals surface area (Å²) in [6, 6.07) is 18.6. The lowest BCUT2D eigenvalue weighted by atomic mass is 9.94. The van der Waals surface area contributed by atoms with Gasteiger partial charge in [0.1, 0.15) is 17.6 Å². The summed E-state index contributed by atoms with van der Waals surface area (Å²) < 4.78 is 29.4. The van der Waals surface area contributed by atoms with Crippen molar-refractivity contribution in [1.82, 2.24) is 20.9 Å². The monoisotopic (exact) mass is 772 g/mol. The van der Waals surface area contributed by atoms with Gasteiger partial charge in [-0.15, -0.1) is 0 Å². The molecule has 1 aliphatic carbocycles. The van der Waals surface area contributed by atoms with Crippen LogP contribution >= 0.6 is 0 Å². The fraction of sp³-hybridized carbons (Fsp3) is 0.273. The van der Waals surface area contributed by atoms with Crippen molar-refractivity contribution in [2.24, 2.45) is 0 Å². The first kappa shape index (κ1) is 38.5. The van der Waals surface area contributed by atoms with Crippen molar-refractivity contribution in [3.05, 3.63) is 105 Å². The third-order valence-corrected chi connectivity index (χ3v) is 10.5. The molecule has 4 N–H and O–H groups in total. The summed E-state index contributed by atoms with van der Waals surface area (Å²) in [5.41, 5.74) is 4.99. The van der Waals surface area contributed by atoms with E-state index in [2.05, 4.69) is 20.9 Å². The van der Waals surface area contributed by atoms with Crippen LogP contribution in [0.5, 0.6) is 23.0 Å². The zero-order valence-electron chi connectivity index (χ0n) is 32.6. The fourth-order valence-electron chi connectivity index (χ4n) is 7.84. The van der Waals surface area contributed by atoms with Gasteiger partial charge in [0.15, 0.2) is 17.1 Å². The Bertz CT molecular complexity index is 2570. The van der Waals surface area contributed by atoms with Crippen LogP contribution in [-0.2, 0) is 33.6 Å². The molecule has 0 bridgehead atoms. The molecule has 0 aliphatic heterocycles. The second-order valence-electron chi connectivity index (χ2n) is 13.8. The minimum atomic E-state index is -0.913. The van der Waals surface area contributed by atoms with Crippen LogP contribution in [0, 0.1) is 0 Å². The number of aryl methyl sites for hydroxylation is 1. The molecule has 2 heterocycles. The zero-order valence-corrected chi connectivity index (χ0v) is 32.6. The molecule has 7 rings (SSSR count). The normalized spacial score (nSPS) is 13.8. The Morgan fingerprint density at radius 3 is 2.35 bits per heavy atom. The SMILES string of the molecule is CNC(=O)[C@@H](Cc1c[nH]c2ccccc12)NC(=O)Cc1c(-c2ccc(OC)cc2)oc2c(=O)cc3c(cc12)-c1c(cc(OC)c(OC)c1OC)CC[C@@H]3NC(C)=O. The van der Waals surface area contributed by atoms with E-state index in [0.29, 0.717) is 74.8 Å². The smallest absolute Gasteiger partial charge is 0.242 e. The molecule has 0 spiro atoms. The maximum absolute atomic E-state index is 14.4. The molecule has 6 aromatic rings. The van der Waals surface area contributed by atoms with Crippen molar-refractivity contribution >= 4 is 39.6 Å². The number of ether oxygens (including phenoxy) is 4. The largest absolute Gasteiger partial charge is 0.497 e. The van der Waals surface area contributed by atoms with E-state index in [1.54, 1.807) is 38.5 Å². The van der Waals surface area contributed by atoms with E-state index in [1.165, 1.54) is 34.3 Å². The number of rotatable bonds is 12. The van der Waals surface area contributed by atoms with Gasteiger partial charge >= 0.3 is 0 Å². The van der Waals surface area contributed by atoms with Crippen LogP contribution in [0.25, 0.3) is 44.3 Å². The number of carbonyl (C=O) groups is 3. The molecule has 57 heavy (non-hydrogen) atoms. The quantitative estimate of drug-likeness (QED) is 0.120. The molecule has 4 aromatic carbocycles. The predicted molar refractivity (Wildman–Crippen MR) is 216 cm³/mol. The minimum Gasteiger partial charge on any atom is -0.497 e. The third kappa shape index (κ3) is 7.35. The maximum atomic E-state index is 14.4. The van der Waals surface area contributed by atoms with E-state index in [9.17, 15) is 19.2 Å². The van der Waals surface area contributed by atoms with E-state index >= 15 is 0 Å². The summed E-state index contributed by atoms with van der Waals surface area (Å²) >= 11 is 0. The van der Waals surface area contributed by atoms with Crippen molar-refractivity contribution in [3.63, 3.8) is 0 Å². The van der Waals surface area contributed by atoms with Crippen LogP contribution in [0.3, 0.4) is 0 Å². The molecule has 2 aromatic heterocycles. The number of aromatic amines is 1. The van der Waals surface area contributed by atoms with E-state index in [4.69, 9.17) is 23.4 Å². The Morgan fingerprint density at radius 1 is 0.912 bits per heavy atom. The average molecular weight is 773 g/mol. The number of nitrogens with one attached hydrogen (secondary N) is 4. The first-order chi connectivity index (χ1) is 27.6. The molecule has 0 saturated heterocycles. The number of amides is 3. The highest BCUT2D eigenvalue weighted by atomic mass is 16.5. The lowest BCUT2D eigenvalue weighted by Crippen LogP contribution is -2.47. The Kier molecular flexibility index (Phi) is 10.9. The van der Waals surface area contributed by atoms with Crippen LogP contribution < -0.4 is 40.3 Å². The van der Waals surface area contributed by atoms with Gasteiger partial charge in [-0.05, 0) is 83.6 Å². The highest BCUT2D eigenvalue weighted by Gasteiger charge is 2.32. The molecule has 13 nitrogen and oxygen atoms in total. The zero-order chi connectivity index (χ0) is 40.4. The van der Waals surface area contributed by atoms with Crippen molar-refractivity contribution < 1.29 is 37.7 Å². The van der Waals surface area contributed by atoms with Gasteiger partial charge in [-0.3, -0.25) is 19.2 Å². The highest BCUT2D eigenvalue weighted by molar-refractivity contribution is 5.98. The number of para-hydroxylation sites is 1. The van der Waals surface area contributed by atoms with Gasteiger partial charge in [0, 0.05) is 59.6 Å². The van der Waals surface area contributed by atoms with E-state index < -0.39 is 23.4 Å². The molecule has 2 atom stereocenters. The fourth-order valence-corrected chi connectivity index (χ4v) is 7.84. The van der Waals surface area contributed by atoms with Gasteiger partial charge in [0.05, 0.1) is 40.9 Å². The second-order valence-corrected chi connectivity index (χ2v) is 13.8. The molecule has 0 radical (unpaired) electrons. The molecule has 0 fully saturated rings. The van der Waals surface area contributed by atoms with Gasteiger partial charge in [-0.25, -0.2) is 0 Å². The second kappa shape index (κ2) is 16.1. The van der Waals surface area contributed by atoms with Crippen molar-refractivity contribution in [2.75, 3.05) is 35.5 Å². The molecule has 0 unspecified atom stereocenters. The predicted octanol–water partition coefficient (Wildman–Crippen LogP) is 5.78. The minimum absolute atomic E-state index is 0.0147. The van der Waals surface area contributed by atoms with Gasteiger partial charge in [0.25, 0.3) is 0 Å². The van der Waals surface area contributed by atoms with Crippen LogP contribution in [0.1, 0.15) is 41.6 Å². The number of likely N-dealkylation sites (N-methyl/N-ethyl adjacent to an activating group) is 1. The molecule has 0 saturated carbocycles. The van der Waals surface area contributed by atoms with Gasteiger partial charge < -0.3 is 44.3 Å². The first-order valence-corrected chi connectivity index (χ1v) is 18.5. The van der Waals surface area contributed by atoms with Crippen LogP contribution in [-0.4, -0.2) is 64.2 Å². The Balaban J connectivity index is 1.43. The summed E-state index contributed by atoms with van der Waals surface area (Å²) in [5.74, 6) is 1.02. The number of furan rings is 1. The van der Waals surface area contributed by atoms with E-state index in [0.717, 1.165) is 22.0 Å². The summed E-state index contributed by atoms with van der Waals surface area (Å²) in [7, 11) is 7.67. The number of hydrogen-bond donors (Lipinski definition) is 4. The summed E-state index contributed by atoms with van der Waals surface area (Å²) in [5, 5.41) is 9.98. The number of H-pyrrole nitrogens is 1. The van der Waals surface area contributed by atoms with Crippen LogP contribution in [0.15, 0.2) is 82.1 Å². The molecular weight excluding hydrogens is 729 g/mol. The topological polar surface area (TPSA) is 170 Å². The number of hydrogen-bond acceptors (Lipinski definition) is 9. The number of aromatic nitrogens is 1. The third-order valence-electron chi connectivity index (χ3n) is 10.5. The maximum Gasteiger partial charge on any atom is 0.242 e. The summed E-state index contributed by atoms with van der Waals surface area (Å²) in [6.07, 6.45) is 2.78. The average Bonchev–Trinajstić information content (AvgIpc) is 3.71. The van der Waals surface area contributed by atoms with Crippen molar-refractivity contribution in [3.8, 4) is 45.4 Å². The molecule has 13 heteroatoms. The molecular formula is C44H44N4O9. The van der Waals surface area contributed by atoms with Crippen molar-refractivity contribution in [2.45, 2.75) is 44.7 Å². The number of benzene rings is 3. The number of methoxy groups -OCH3 is 4. The molecule has 294 valence electrons. The molecule has 1 aliphatic rings. The Hall–Kier alpha value is -6.76. The lowest BCUT2D eigenvalue weighted by Gasteiger charge is -2.20. The van der Waals surface area contributed by atoms with Gasteiger partial charge in [-0.1, -0.05) is 18.2 Å². The summed E-state index contributed by atoms with van der Waals surface area (Å²) in [4.78, 5) is 57.7. The lowest BCUT2D eigenvalue weighted by molar-refractivity contribution is -0.128. The Labute approximate surface area is 328 Å². The van der Waals surface area contributed by atoms with Crippen LogP contribution in [0.4, 0.5) is 0 Å². The number of fused-ring (bicyclic) bond motifs is 5. The van der Waals surface area contributed by atoms with Gasteiger partial charge in [-0.2, -0.15) is 0 Å². The van der Waals surface area contributed by atoms with E-state index in [1.807, 2.05) is 42.6 Å². The number of carbonyl (C=O) groups excluding carboxylic acids is 3. The molecule has 3 amide bonds. The van der Waals surface area contributed by atoms with Crippen molar-refractivity contribution in [1.29, 1.82) is 0 Å². The standard InChI is InChI=1S/C44H44N4O9/c1-23(49)47-34-16-13-25-18-37(54-4)42(55-5)43(56-6)39(25)30-19-31-32(40(24-11-14-27(53-3)15-12-24)57-41(31)36(50)20-29(30)34)21-38(51)48-35(44(52)45-2)17-26-22-46-33-10-8-7-9-28(26)33/h7-12,14-15,18-20,22,34-35,46H,13,16-17,21H2,1-6H3,(H,45,52)(H,47,49)(H,48,51)/t34-,35+/m0/s1. The van der Waals surface area contributed by atoms with Crippen LogP contribution in [0.2, 0.25) is 0 Å². The first-order valence-electron chi connectivity index (χ1n) is 18.5. The van der Waals surface area contributed by atoms with Gasteiger partial charge in [0.2, 0.25) is 28.9 Å². The van der Waals surface area contributed by atoms with E-state index in [-0.39, 0.29) is 30.2 Å².